The van der Waals surface area contributed by atoms with Crippen molar-refractivity contribution in [3.05, 3.63) is 65.2 Å². The highest BCUT2D eigenvalue weighted by molar-refractivity contribution is 6.30. The molecule has 1 heteroatoms. The molecule has 0 aliphatic heterocycles. The average Bonchev–Trinajstić information content (AvgIpc) is 3.03. The van der Waals surface area contributed by atoms with E-state index in [9.17, 15) is 0 Å². The predicted molar refractivity (Wildman–Crippen MR) is 90.2 cm³/mol. The van der Waals surface area contributed by atoms with E-state index in [1.807, 2.05) is 12.1 Å². The van der Waals surface area contributed by atoms with Gasteiger partial charge in [0.25, 0.3) is 0 Å². The largest absolute Gasteiger partial charge is 0.0843 e. The second kappa shape index (κ2) is 5.03. The van der Waals surface area contributed by atoms with E-state index >= 15 is 0 Å². The number of rotatable bonds is 2. The van der Waals surface area contributed by atoms with Gasteiger partial charge >= 0.3 is 0 Å². The van der Waals surface area contributed by atoms with Gasteiger partial charge in [-0.1, -0.05) is 61.0 Å². The SMILES string of the molecule is CC1C2C=C(c3ccc(-c4ccc(Cl)cc4)cc3)C1CC2. The van der Waals surface area contributed by atoms with Crippen LogP contribution in [-0.2, 0) is 0 Å². The molecule has 0 aromatic heterocycles. The Morgan fingerprint density at radius 2 is 1.38 bits per heavy atom. The summed E-state index contributed by atoms with van der Waals surface area (Å²) in [5.74, 6) is 2.45. The van der Waals surface area contributed by atoms with Crippen LogP contribution in [0.15, 0.2) is 54.6 Å². The first kappa shape index (κ1) is 13.2. The molecule has 1 saturated carbocycles. The average molecular weight is 295 g/mol. The van der Waals surface area contributed by atoms with Gasteiger partial charge < -0.3 is 0 Å². The molecule has 21 heavy (non-hydrogen) atoms. The zero-order chi connectivity index (χ0) is 14.4. The van der Waals surface area contributed by atoms with E-state index in [2.05, 4.69) is 49.4 Å². The molecule has 0 N–H and O–H groups in total. The number of allylic oxidation sites excluding steroid dienone is 2. The molecule has 1 fully saturated rings. The molecule has 0 spiro atoms. The Kier molecular flexibility index (Phi) is 3.15. The predicted octanol–water partition coefficient (Wildman–Crippen LogP) is 6.07. The maximum absolute atomic E-state index is 5.95. The minimum atomic E-state index is 0.788. The van der Waals surface area contributed by atoms with Gasteiger partial charge in [0.2, 0.25) is 0 Å². The fourth-order valence-corrected chi connectivity index (χ4v) is 4.16. The minimum absolute atomic E-state index is 0.788. The molecule has 2 aliphatic rings. The maximum Gasteiger partial charge on any atom is 0.0406 e. The number of hydrogen-bond donors (Lipinski definition) is 0. The minimum Gasteiger partial charge on any atom is -0.0843 e. The summed E-state index contributed by atoms with van der Waals surface area (Å²) < 4.78 is 0. The third-order valence-corrected chi connectivity index (χ3v) is 5.56. The summed E-state index contributed by atoms with van der Waals surface area (Å²) in [5, 5.41) is 0.788. The van der Waals surface area contributed by atoms with E-state index in [0.717, 1.165) is 22.8 Å². The molecule has 4 rings (SSSR count). The highest BCUT2D eigenvalue weighted by Crippen LogP contribution is 2.51. The number of benzene rings is 2. The Hall–Kier alpha value is -1.53. The van der Waals surface area contributed by atoms with Crippen LogP contribution in [0.2, 0.25) is 5.02 Å². The van der Waals surface area contributed by atoms with Crippen LogP contribution < -0.4 is 0 Å². The van der Waals surface area contributed by atoms with Crippen molar-refractivity contribution in [2.24, 2.45) is 17.8 Å². The Bertz CT molecular complexity index is 679. The van der Waals surface area contributed by atoms with Gasteiger partial charge in [0, 0.05) is 5.02 Å². The smallest absolute Gasteiger partial charge is 0.0406 e. The summed E-state index contributed by atoms with van der Waals surface area (Å²) in [6.45, 7) is 2.41. The standard InChI is InChI=1S/C20H19Cl/c1-13-17-8-11-19(13)20(12-17)16-4-2-14(3-5-16)15-6-9-18(21)10-7-15/h2-7,9-10,12-13,17,19H,8,11H2,1H3. The van der Waals surface area contributed by atoms with Gasteiger partial charge in [-0.15, -0.1) is 0 Å². The first-order valence-corrected chi connectivity index (χ1v) is 8.18. The van der Waals surface area contributed by atoms with Gasteiger partial charge in [-0.2, -0.15) is 0 Å². The molecule has 0 saturated heterocycles. The van der Waals surface area contributed by atoms with E-state index < -0.39 is 0 Å². The van der Waals surface area contributed by atoms with Crippen LogP contribution in [0, 0.1) is 17.8 Å². The van der Waals surface area contributed by atoms with E-state index in [0.29, 0.717) is 0 Å². The maximum atomic E-state index is 5.95. The van der Waals surface area contributed by atoms with Gasteiger partial charge in [0.1, 0.15) is 0 Å². The number of hydrogen-bond acceptors (Lipinski definition) is 0. The molecule has 2 aromatic rings. The summed E-state index contributed by atoms with van der Waals surface area (Å²) in [6.07, 6.45) is 5.28. The molecule has 0 amide bonds. The zero-order valence-corrected chi connectivity index (χ0v) is 13.0. The fourth-order valence-electron chi connectivity index (χ4n) is 4.03. The topological polar surface area (TPSA) is 0 Å². The molecule has 3 atom stereocenters. The van der Waals surface area contributed by atoms with E-state index in [-0.39, 0.29) is 0 Å². The fraction of sp³-hybridized carbons (Fsp3) is 0.300. The summed E-state index contributed by atoms with van der Waals surface area (Å²) in [6, 6.07) is 17.1. The molecule has 0 heterocycles. The lowest BCUT2D eigenvalue weighted by Gasteiger charge is -2.16. The summed E-state index contributed by atoms with van der Waals surface area (Å²) in [4.78, 5) is 0. The summed E-state index contributed by atoms with van der Waals surface area (Å²) in [7, 11) is 0. The Morgan fingerprint density at radius 1 is 0.810 bits per heavy atom. The quantitative estimate of drug-likeness (QED) is 0.631. The van der Waals surface area contributed by atoms with Gasteiger partial charge in [-0.3, -0.25) is 0 Å². The molecule has 2 aliphatic carbocycles. The third kappa shape index (κ3) is 2.22. The molecule has 0 nitrogen and oxygen atoms in total. The van der Waals surface area contributed by atoms with Crippen LogP contribution in [0.4, 0.5) is 0 Å². The summed E-state index contributed by atoms with van der Waals surface area (Å²) >= 11 is 5.95. The van der Waals surface area contributed by atoms with Crippen LogP contribution in [0.5, 0.6) is 0 Å². The Labute approximate surface area is 131 Å². The molecule has 0 radical (unpaired) electrons. The number of halogens is 1. The molecule has 2 bridgehead atoms. The lowest BCUT2D eigenvalue weighted by Crippen LogP contribution is -2.03. The van der Waals surface area contributed by atoms with Crippen LogP contribution >= 0.6 is 11.6 Å². The van der Waals surface area contributed by atoms with E-state index in [4.69, 9.17) is 11.6 Å². The zero-order valence-electron chi connectivity index (χ0n) is 12.2. The number of fused-ring (bicyclic) bond motifs is 2. The molecule has 106 valence electrons. The molecular formula is C20H19Cl. The van der Waals surface area contributed by atoms with Crippen molar-refractivity contribution in [3.8, 4) is 11.1 Å². The highest BCUT2D eigenvalue weighted by Gasteiger charge is 2.39. The van der Waals surface area contributed by atoms with Crippen molar-refractivity contribution in [3.63, 3.8) is 0 Å². The van der Waals surface area contributed by atoms with Crippen molar-refractivity contribution in [1.29, 1.82) is 0 Å². The van der Waals surface area contributed by atoms with E-state index in [1.165, 1.54) is 29.5 Å². The molecular weight excluding hydrogens is 276 g/mol. The highest BCUT2D eigenvalue weighted by atomic mass is 35.5. The first-order chi connectivity index (χ1) is 10.2. The van der Waals surface area contributed by atoms with Crippen molar-refractivity contribution in [2.45, 2.75) is 19.8 Å². The van der Waals surface area contributed by atoms with Gasteiger partial charge in [0.15, 0.2) is 0 Å². The van der Waals surface area contributed by atoms with Crippen LogP contribution in [0.25, 0.3) is 16.7 Å². The van der Waals surface area contributed by atoms with Crippen molar-refractivity contribution in [1.82, 2.24) is 0 Å². The second-order valence-corrected chi connectivity index (χ2v) is 6.85. The van der Waals surface area contributed by atoms with Crippen LogP contribution in [0.3, 0.4) is 0 Å². The lowest BCUT2D eigenvalue weighted by atomic mass is 9.89. The Morgan fingerprint density at radius 3 is 1.90 bits per heavy atom. The van der Waals surface area contributed by atoms with Crippen molar-refractivity contribution in [2.75, 3.05) is 0 Å². The van der Waals surface area contributed by atoms with Crippen LogP contribution in [-0.4, -0.2) is 0 Å². The molecule has 3 unspecified atom stereocenters. The first-order valence-electron chi connectivity index (χ1n) is 7.80. The second-order valence-electron chi connectivity index (χ2n) is 6.41. The van der Waals surface area contributed by atoms with E-state index in [1.54, 1.807) is 5.57 Å². The third-order valence-electron chi connectivity index (χ3n) is 5.31. The lowest BCUT2D eigenvalue weighted by molar-refractivity contribution is 0.479. The Balaban J connectivity index is 1.63. The van der Waals surface area contributed by atoms with Gasteiger partial charge in [-0.25, -0.2) is 0 Å². The van der Waals surface area contributed by atoms with Gasteiger partial charge in [-0.05, 0) is 65.0 Å². The van der Waals surface area contributed by atoms with Crippen molar-refractivity contribution >= 4 is 17.2 Å². The molecule has 2 aromatic carbocycles. The van der Waals surface area contributed by atoms with Crippen LogP contribution in [0.1, 0.15) is 25.3 Å². The monoisotopic (exact) mass is 294 g/mol. The van der Waals surface area contributed by atoms with Crippen molar-refractivity contribution < 1.29 is 0 Å². The summed E-state index contributed by atoms with van der Waals surface area (Å²) in [5.41, 5.74) is 5.47. The van der Waals surface area contributed by atoms with Gasteiger partial charge in [0.05, 0.1) is 0 Å². The normalized spacial score (nSPS) is 27.0.